The summed E-state index contributed by atoms with van der Waals surface area (Å²) in [6.07, 6.45) is 3.21. The van der Waals surface area contributed by atoms with E-state index in [1.807, 2.05) is 12.1 Å². The number of para-hydroxylation sites is 1. The van der Waals surface area contributed by atoms with Gasteiger partial charge in [0.2, 0.25) is 0 Å². The van der Waals surface area contributed by atoms with E-state index in [0.29, 0.717) is 16.1 Å². The Morgan fingerprint density at radius 1 is 1.09 bits per heavy atom. The van der Waals surface area contributed by atoms with Gasteiger partial charge in [0.05, 0.1) is 11.4 Å². The van der Waals surface area contributed by atoms with E-state index in [2.05, 4.69) is 21.4 Å². The van der Waals surface area contributed by atoms with E-state index in [4.69, 9.17) is 5.11 Å². The fraction of sp³-hybridized carbons (Fsp3) is 0.167. The number of hydrogen-bond acceptors (Lipinski definition) is 6. The number of carboxylic acids is 1. The van der Waals surface area contributed by atoms with Gasteiger partial charge in [0, 0.05) is 10.4 Å². The van der Waals surface area contributed by atoms with Gasteiger partial charge >= 0.3 is 5.97 Å². The van der Waals surface area contributed by atoms with Crippen LogP contribution in [0.25, 0.3) is 16.1 Å². The number of aromatic hydroxyl groups is 1. The number of carboxylic acid groups (broad SMARTS) is 1. The molecule has 2 aromatic carbocycles. The first-order valence-electron chi connectivity index (χ1n) is 10.4. The summed E-state index contributed by atoms with van der Waals surface area (Å²) in [4.78, 5) is 24.9. The Kier molecular flexibility index (Phi) is 5.18. The SMILES string of the molecule is Cc1[nH]n(-c2ccc3c(c2)CCC3)c(=O)c1N=Nc1cccc(-c2ccc(C(=O)O)s2)c1O. The first-order chi connectivity index (χ1) is 15.9. The third kappa shape index (κ3) is 3.76. The maximum absolute atomic E-state index is 13.0. The van der Waals surface area contributed by atoms with Crippen LogP contribution in [0.2, 0.25) is 0 Å². The van der Waals surface area contributed by atoms with Crippen molar-refractivity contribution in [2.24, 2.45) is 10.2 Å². The highest BCUT2D eigenvalue weighted by Crippen LogP contribution is 2.40. The minimum absolute atomic E-state index is 0.132. The summed E-state index contributed by atoms with van der Waals surface area (Å²) < 4.78 is 1.46. The number of aromatic amines is 1. The van der Waals surface area contributed by atoms with Crippen LogP contribution in [0.5, 0.6) is 5.75 Å². The number of aromatic carboxylic acids is 1. The monoisotopic (exact) mass is 460 g/mol. The highest BCUT2D eigenvalue weighted by molar-refractivity contribution is 7.17. The molecule has 5 rings (SSSR count). The molecule has 33 heavy (non-hydrogen) atoms. The van der Waals surface area contributed by atoms with Crippen LogP contribution in [-0.4, -0.2) is 26.0 Å². The molecule has 2 aromatic heterocycles. The van der Waals surface area contributed by atoms with Gasteiger partial charge in [0.15, 0.2) is 11.4 Å². The molecule has 166 valence electrons. The zero-order chi connectivity index (χ0) is 23.1. The second-order valence-electron chi connectivity index (χ2n) is 7.87. The number of thiophene rings is 1. The lowest BCUT2D eigenvalue weighted by molar-refractivity contribution is 0.0702. The van der Waals surface area contributed by atoms with Crippen molar-refractivity contribution in [1.82, 2.24) is 9.78 Å². The molecule has 2 heterocycles. The van der Waals surface area contributed by atoms with E-state index in [0.717, 1.165) is 36.3 Å². The molecule has 0 bridgehead atoms. The van der Waals surface area contributed by atoms with Gasteiger partial charge in [-0.2, -0.15) is 0 Å². The third-order valence-electron chi connectivity index (χ3n) is 5.74. The van der Waals surface area contributed by atoms with Crippen molar-refractivity contribution in [3.8, 4) is 21.9 Å². The molecule has 0 amide bonds. The zero-order valence-corrected chi connectivity index (χ0v) is 18.5. The van der Waals surface area contributed by atoms with Crippen LogP contribution in [0.1, 0.15) is 32.9 Å². The Balaban J connectivity index is 1.48. The van der Waals surface area contributed by atoms with Crippen molar-refractivity contribution < 1.29 is 15.0 Å². The van der Waals surface area contributed by atoms with Crippen molar-refractivity contribution in [3.05, 3.63) is 80.6 Å². The van der Waals surface area contributed by atoms with E-state index in [1.165, 1.54) is 21.9 Å². The minimum atomic E-state index is -1.02. The standard InChI is InChI=1S/C24H20N4O4S/c1-13-21(23(30)28(27-13)16-9-8-14-4-2-5-15(14)12-16)26-25-18-7-3-6-17(22(18)29)19-10-11-20(33-19)24(31)32/h3,6-12,27,29H,2,4-5H2,1H3,(H,31,32). The molecule has 1 aliphatic carbocycles. The molecule has 0 fully saturated rings. The van der Waals surface area contributed by atoms with E-state index in [1.54, 1.807) is 31.2 Å². The molecule has 0 atom stereocenters. The normalized spacial score (nSPS) is 13.0. The predicted molar refractivity (Wildman–Crippen MR) is 126 cm³/mol. The smallest absolute Gasteiger partial charge is 0.345 e. The summed E-state index contributed by atoms with van der Waals surface area (Å²) >= 11 is 1.06. The number of fused-ring (bicyclic) bond motifs is 1. The van der Waals surface area contributed by atoms with Crippen LogP contribution in [0, 0.1) is 6.92 Å². The van der Waals surface area contributed by atoms with Gasteiger partial charge in [-0.1, -0.05) is 12.1 Å². The lowest BCUT2D eigenvalue weighted by Crippen LogP contribution is -2.14. The van der Waals surface area contributed by atoms with Gasteiger partial charge in [0.25, 0.3) is 5.56 Å². The molecule has 3 N–H and O–H groups in total. The molecule has 4 aromatic rings. The van der Waals surface area contributed by atoms with Crippen molar-refractivity contribution in [2.45, 2.75) is 26.2 Å². The van der Waals surface area contributed by atoms with Gasteiger partial charge in [-0.15, -0.1) is 21.6 Å². The second kappa shape index (κ2) is 8.18. The summed E-state index contributed by atoms with van der Waals surface area (Å²) in [7, 11) is 0. The van der Waals surface area contributed by atoms with Gasteiger partial charge in [-0.3, -0.25) is 9.89 Å². The van der Waals surface area contributed by atoms with E-state index < -0.39 is 5.97 Å². The molecular weight excluding hydrogens is 440 g/mol. The largest absolute Gasteiger partial charge is 0.505 e. The van der Waals surface area contributed by atoms with Crippen LogP contribution in [-0.2, 0) is 12.8 Å². The number of hydrogen-bond donors (Lipinski definition) is 3. The zero-order valence-electron chi connectivity index (χ0n) is 17.7. The number of azo groups is 1. The average molecular weight is 461 g/mol. The highest BCUT2D eigenvalue weighted by Gasteiger charge is 2.17. The quantitative estimate of drug-likeness (QED) is 0.340. The van der Waals surface area contributed by atoms with E-state index in [-0.39, 0.29) is 27.6 Å². The molecule has 0 radical (unpaired) electrons. The number of aryl methyl sites for hydroxylation is 3. The molecular formula is C24H20N4O4S. The average Bonchev–Trinajstić information content (AvgIpc) is 3.52. The number of nitrogens with zero attached hydrogens (tertiary/aromatic N) is 3. The first-order valence-corrected chi connectivity index (χ1v) is 11.2. The molecule has 9 heteroatoms. The number of phenols is 1. The lowest BCUT2D eigenvalue weighted by atomic mass is 10.1. The highest BCUT2D eigenvalue weighted by atomic mass is 32.1. The molecule has 0 saturated carbocycles. The molecule has 1 aliphatic rings. The number of nitrogens with one attached hydrogen (secondary N) is 1. The Bertz CT molecular complexity index is 1480. The van der Waals surface area contributed by atoms with Gasteiger partial charge < -0.3 is 10.2 Å². The third-order valence-corrected chi connectivity index (χ3v) is 6.84. The summed E-state index contributed by atoms with van der Waals surface area (Å²) in [5.41, 5.74) is 4.36. The van der Waals surface area contributed by atoms with Crippen LogP contribution in [0.15, 0.2) is 63.6 Å². The van der Waals surface area contributed by atoms with Gasteiger partial charge in [-0.25, -0.2) is 9.48 Å². The summed E-state index contributed by atoms with van der Waals surface area (Å²) in [6, 6.07) is 14.1. The number of carbonyl (C=O) groups is 1. The fourth-order valence-corrected chi connectivity index (χ4v) is 4.92. The van der Waals surface area contributed by atoms with Crippen molar-refractivity contribution in [3.63, 3.8) is 0 Å². The van der Waals surface area contributed by atoms with Crippen LogP contribution < -0.4 is 5.56 Å². The number of rotatable bonds is 5. The lowest BCUT2D eigenvalue weighted by Gasteiger charge is -2.05. The Hall–Kier alpha value is -3.98. The Labute approximate surface area is 192 Å². The predicted octanol–water partition coefficient (Wildman–Crippen LogP) is 5.51. The van der Waals surface area contributed by atoms with Crippen molar-refractivity contribution in [2.75, 3.05) is 0 Å². The van der Waals surface area contributed by atoms with Crippen molar-refractivity contribution in [1.29, 1.82) is 0 Å². The summed E-state index contributed by atoms with van der Waals surface area (Å²) in [5.74, 6) is -1.16. The van der Waals surface area contributed by atoms with Crippen LogP contribution in [0.3, 0.4) is 0 Å². The molecule has 0 spiro atoms. The summed E-state index contributed by atoms with van der Waals surface area (Å²) in [6.45, 7) is 1.75. The molecule has 0 aliphatic heterocycles. The molecule has 0 saturated heterocycles. The number of phenolic OH excluding ortho intramolecular Hbond substituents is 1. The number of aromatic nitrogens is 2. The number of benzene rings is 2. The fourth-order valence-electron chi connectivity index (χ4n) is 4.05. The number of H-pyrrole nitrogens is 1. The molecule has 0 unspecified atom stereocenters. The maximum Gasteiger partial charge on any atom is 0.345 e. The first kappa shape index (κ1) is 20.9. The topological polar surface area (TPSA) is 120 Å². The molecule has 8 nitrogen and oxygen atoms in total. The summed E-state index contributed by atoms with van der Waals surface area (Å²) in [5, 5.41) is 31.1. The van der Waals surface area contributed by atoms with E-state index in [9.17, 15) is 14.7 Å². The van der Waals surface area contributed by atoms with E-state index >= 15 is 0 Å². The van der Waals surface area contributed by atoms with Crippen LogP contribution >= 0.6 is 11.3 Å². The minimum Gasteiger partial charge on any atom is -0.505 e. The van der Waals surface area contributed by atoms with Crippen molar-refractivity contribution >= 4 is 28.7 Å². The second-order valence-corrected chi connectivity index (χ2v) is 8.96. The Morgan fingerprint density at radius 3 is 2.70 bits per heavy atom. The van der Waals surface area contributed by atoms with Gasteiger partial charge in [-0.05, 0) is 73.7 Å². The maximum atomic E-state index is 13.0. The van der Waals surface area contributed by atoms with Crippen LogP contribution in [0.4, 0.5) is 11.4 Å². The van der Waals surface area contributed by atoms with Gasteiger partial charge in [0.1, 0.15) is 10.6 Å². The Morgan fingerprint density at radius 2 is 1.91 bits per heavy atom.